The highest BCUT2D eigenvalue weighted by molar-refractivity contribution is 9.11. The van der Waals surface area contributed by atoms with Gasteiger partial charge in [-0.2, -0.15) is 12.7 Å². The third-order valence-electron chi connectivity index (χ3n) is 2.16. The van der Waals surface area contributed by atoms with Crippen LogP contribution in [0.15, 0.2) is 15.4 Å². The van der Waals surface area contributed by atoms with Crippen LogP contribution in [0.1, 0.15) is 19.8 Å². The van der Waals surface area contributed by atoms with E-state index in [9.17, 15) is 8.42 Å². The first-order valence-electron chi connectivity index (χ1n) is 5.29. The fraction of sp³-hybridized carbons (Fsp3) is 0.556. The molecule has 18 heavy (non-hydrogen) atoms. The molecule has 1 rings (SSSR count). The second kappa shape index (κ2) is 6.78. The molecule has 0 aromatic carbocycles. The predicted molar refractivity (Wildman–Crippen MR) is 77.5 cm³/mol. The minimum atomic E-state index is -3.59. The van der Waals surface area contributed by atoms with Crippen molar-refractivity contribution in [2.24, 2.45) is 0 Å². The van der Waals surface area contributed by atoms with Gasteiger partial charge in [-0.3, -0.25) is 4.72 Å². The summed E-state index contributed by atoms with van der Waals surface area (Å²) in [4.78, 5) is 7.96. The van der Waals surface area contributed by atoms with E-state index in [1.54, 1.807) is 0 Å². The van der Waals surface area contributed by atoms with Gasteiger partial charge in [0, 0.05) is 13.6 Å². The van der Waals surface area contributed by atoms with Gasteiger partial charge in [0.15, 0.2) is 10.4 Å². The second-order valence-electron chi connectivity index (χ2n) is 3.61. The standard InChI is InChI=1S/C9H14Br2N4O2S/c1-3-4-5-15(2)18(16,17)14-9-8(11)13-7(10)6-12-9/h6H,3-5H2,1-2H3,(H,12,14). The largest absolute Gasteiger partial charge is 0.302 e. The molecular weight excluding hydrogens is 388 g/mol. The van der Waals surface area contributed by atoms with Crippen molar-refractivity contribution >= 4 is 47.9 Å². The maximum absolute atomic E-state index is 12.0. The maximum Gasteiger partial charge on any atom is 0.302 e. The predicted octanol–water partition coefficient (Wildman–Crippen LogP) is 2.39. The third-order valence-corrected chi connectivity index (χ3v) is 4.55. The van der Waals surface area contributed by atoms with Crippen LogP contribution in [0.3, 0.4) is 0 Å². The number of halogens is 2. The monoisotopic (exact) mass is 400 g/mol. The van der Waals surface area contributed by atoms with E-state index in [0.29, 0.717) is 15.8 Å². The van der Waals surface area contributed by atoms with E-state index in [4.69, 9.17) is 0 Å². The van der Waals surface area contributed by atoms with Gasteiger partial charge in [-0.25, -0.2) is 9.97 Å². The van der Waals surface area contributed by atoms with Gasteiger partial charge in [0.25, 0.3) is 0 Å². The number of unbranched alkanes of at least 4 members (excludes halogenated alkanes) is 1. The summed E-state index contributed by atoms with van der Waals surface area (Å²) in [6.07, 6.45) is 3.17. The molecule has 1 aromatic heterocycles. The van der Waals surface area contributed by atoms with Crippen molar-refractivity contribution in [2.45, 2.75) is 19.8 Å². The highest BCUT2D eigenvalue weighted by atomic mass is 79.9. The van der Waals surface area contributed by atoms with E-state index >= 15 is 0 Å². The number of hydrogen-bond acceptors (Lipinski definition) is 4. The minimum absolute atomic E-state index is 0.168. The first kappa shape index (κ1) is 15.8. The van der Waals surface area contributed by atoms with E-state index < -0.39 is 10.2 Å². The smallest absolute Gasteiger partial charge is 0.252 e. The van der Waals surface area contributed by atoms with Crippen LogP contribution in [-0.2, 0) is 10.2 Å². The minimum Gasteiger partial charge on any atom is -0.252 e. The lowest BCUT2D eigenvalue weighted by Gasteiger charge is -2.17. The highest BCUT2D eigenvalue weighted by Gasteiger charge is 2.19. The normalized spacial score (nSPS) is 11.8. The van der Waals surface area contributed by atoms with E-state index in [2.05, 4.69) is 46.5 Å². The molecule has 1 heterocycles. The number of nitrogens with zero attached hydrogens (tertiary/aromatic N) is 3. The van der Waals surface area contributed by atoms with Crippen LogP contribution in [0.2, 0.25) is 0 Å². The summed E-state index contributed by atoms with van der Waals surface area (Å²) in [5.74, 6) is 0.168. The van der Waals surface area contributed by atoms with Gasteiger partial charge in [0.05, 0.1) is 6.20 Å². The van der Waals surface area contributed by atoms with Gasteiger partial charge in [0.2, 0.25) is 0 Å². The third kappa shape index (κ3) is 4.45. The molecule has 0 spiro atoms. The van der Waals surface area contributed by atoms with Crippen molar-refractivity contribution in [3.63, 3.8) is 0 Å². The van der Waals surface area contributed by atoms with Crippen molar-refractivity contribution in [3.8, 4) is 0 Å². The molecule has 0 unspecified atom stereocenters. The summed E-state index contributed by atoms with van der Waals surface area (Å²) < 4.78 is 28.4. The van der Waals surface area contributed by atoms with Crippen molar-refractivity contribution in [3.05, 3.63) is 15.4 Å². The molecule has 0 aliphatic heterocycles. The lowest BCUT2D eigenvalue weighted by atomic mass is 10.3. The summed E-state index contributed by atoms with van der Waals surface area (Å²) >= 11 is 6.30. The molecule has 9 heteroatoms. The van der Waals surface area contributed by atoms with Crippen molar-refractivity contribution < 1.29 is 8.42 Å². The zero-order valence-corrected chi connectivity index (χ0v) is 14.0. The molecule has 0 aliphatic carbocycles. The zero-order valence-electron chi connectivity index (χ0n) is 10.0. The van der Waals surface area contributed by atoms with Gasteiger partial charge in [-0.15, -0.1) is 0 Å². The number of aromatic nitrogens is 2. The molecule has 1 N–H and O–H groups in total. The van der Waals surface area contributed by atoms with E-state index in [-0.39, 0.29) is 5.82 Å². The quantitative estimate of drug-likeness (QED) is 0.793. The Morgan fingerprint density at radius 1 is 1.44 bits per heavy atom. The molecule has 6 nitrogen and oxygen atoms in total. The van der Waals surface area contributed by atoms with Crippen LogP contribution in [0.4, 0.5) is 5.82 Å². The maximum atomic E-state index is 12.0. The lowest BCUT2D eigenvalue weighted by molar-refractivity contribution is 0.463. The van der Waals surface area contributed by atoms with Crippen LogP contribution in [0.5, 0.6) is 0 Å². The summed E-state index contributed by atoms with van der Waals surface area (Å²) in [5, 5.41) is 0. The van der Waals surface area contributed by atoms with Crippen LogP contribution in [0.25, 0.3) is 0 Å². The van der Waals surface area contributed by atoms with E-state index in [0.717, 1.165) is 12.8 Å². The van der Waals surface area contributed by atoms with E-state index in [1.165, 1.54) is 17.5 Å². The second-order valence-corrected chi connectivity index (χ2v) is 6.96. The first-order chi connectivity index (χ1) is 8.36. The Morgan fingerprint density at radius 3 is 2.67 bits per heavy atom. The first-order valence-corrected chi connectivity index (χ1v) is 8.31. The van der Waals surface area contributed by atoms with Gasteiger partial charge in [0.1, 0.15) is 4.60 Å². The van der Waals surface area contributed by atoms with Gasteiger partial charge < -0.3 is 0 Å². The Bertz CT molecular complexity index is 509. The van der Waals surface area contributed by atoms with Gasteiger partial charge >= 0.3 is 10.2 Å². The molecular formula is C9H14Br2N4O2S. The van der Waals surface area contributed by atoms with Crippen LogP contribution < -0.4 is 4.72 Å². The fourth-order valence-corrected chi connectivity index (χ4v) is 3.08. The number of anilines is 1. The molecule has 0 saturated heterocycles. The highest BCUT2D eigenvalue weighted by Crippen LogP contribution is 2.20. The molecule has 0 bridgehead atoms. The molecule has 0 saturated carbocycles. The van der Waals surface area contributed by atoms with Crippen LogP contribution in [0, 0.1) is 0 Å². The van der Waals surface area contributed by atoms with Crippen molar-refractivity contribution in [1.29, 1.82) is 0 Å². The Kier molecular flexibility index (Phi) is 5.96. The fourth-order valence-electron chi connectivity index (χ4n) is 1.12. The van der Waals surface area contributed by atoms with Crippen molar-refractivity contribution in [2.75, 3.05) is 18.3 Å². The Balaban J connectivity index is 2.82. The number of hydrogen-bond donors (Lipinski definition) is 1. The molecule has 0 atom stereocenters. The summed E-state index contributed by atoms with van der Waals surface area (Å²) in [7, 11) is -2.06. The Morgan fingerprint density at radius 2 is 2.11 bits per heavy atom. The topological polar surface area (TPSA) is 75.2 Å². The molecule has 0 amide bonds. The van der Waals surface area contributed by atoms with Crippen molar-refractivity contribution in [1.82, 2.24) is 14.3 Å². The average molecular weight is 402 g/mol. The van der Waals surface area contributed by atoms with E-state index in [1.807, 2.05) is 6.92 Å². The summed E-state index contributed by atoms with van der Waals surface area (Å²) in [6, 6.07) is 0. The Hall–Kier alpha value is -0.250. The number of rotatable bonds is 6. The summed E-state index contributed by atoms with van der Waals surface area (Å²) in [5.41, 5.74) is 0. The van der Waals surface area contributed by atoms with Gasteiger partial charge in [-0.1, -0.05) is 13.3 Å². The molecule has 1 aromatic rings. The average Bonchev–Trinajstić information content (AvgIpc) is 2.29. The van der Waals surface area contributed by atoms with Gasteiger partial charge in [-0.05, 0) is 38.3 Å². The Labute approximate surface area is 124 Å². The molecule has 0 radical (unpaired) electrons. The molecule has 0 aliphatic rings. The number of nitrogens with one attached hydrogen (secondary N) is 1. The lowest BCUT2D eigenvalue weighted by Crippen LogP contribution is -2.33. The molecule has 102 valence electrons. The zero-order chi connectivity index (χ0) is 13.8. The SMILES string of the molecule is CCCCN(C)S(=O)(=O)Nc1ncc(Br)nc1Br. The van der Waals surface area contributed by atoms with Crippen LogP contribution in [-0.4, -0.2) is 36.3 Å². The molecule has 0 fully saturated rings. The summed E-state index contributed by atoms with van der Waals surface area (Å²) in [6.45, 7) is 2.47. The van der Waals surface area contributed by atoms with Crippen LogP contribution >= 0.6 is 31.9 Å².